The van der Waals surface area contributed by atoms with Crippen molar-refractivity contribution in [2.45, 2.75) is 46.1 Å². The number of nitrogens with one attached hydrogen (secondary N) is 2. The summed E-state index contributed by atoms with van der Waals surface area (Å²) in [5.74, 6) is -0.0634. The first-order valence-electron chi connectivity index (χ1n) is 7.80. The predicted octanol–water partition coefficient (Wildman–Crippen LogP) is 0.698. The highest BCUT2D eigenvalue weighted by molar-refractivity contribution is 5.81. The number of aryl methyl sites for hydroxylation is 3. The second kappa shape index (κ2) is 6.95. The largest absolute Gasteiger partial charge is 0.393 e. The van der Waals surface area contributed by atoms with Crippen LogP contribution in [0.15, 0.2) is 4.79 Å². The molecule has 2 heterocycles. The zero-order valence-corrected chi connectivity index (χ0v) is 14.1. The van der Waals surface area contributed by atoms with E-state index in [0.29, 0.717) is 36.8 Å². The van der Waals surface area contributed by atoms with E-state index in [1.54, 1.807) is 18.7 Å². The van der Waals surface area contributed by atoms with Gasteiger partial charge < -0.3 is 10.4 Å². The summed E-state index contributed by atoms with van der Waals surface area (Å²) >= 11 is 0. The van der Waals surface area contributed by atoms with Gasteiger partial charge in [0.1, 0.15) is 0 Å². The van der Waals surface area contributed by atoms with Crippen LogP contribution in [0.25, 0.3) is 11.0 Å². The smallest absolute Gasteiger partial charge is 0.273 e. The van der Waals surface area contributed by atoms with Crippen LogP contribution in [0.3, 0.4) is 0 Å². The van der Waals surface area contributed by atoms with Gasteiger partial charge in [-0.25, -0.2) is 4.98 Å². The van der Waals surface area contributed by atoms with E-state index < -0.39 is 6.10 Å². The summed E-state index contributed by atoms with van der Waals surface area (Å²) in [6, 6.07) is 0. The number of hydrogen-bond donors (Lipinski definition) is 3. The van der Waals surface area contributed by atoms with Crippen molar-refractivity contribution in [2.75, 3.05) is 6.54 Å². The fourth-order valence-corrected chi connectivity index (χ4v) is 2.76. The molecule has 1 amide bonds. The van der Waals surface area contributed by atoms with Crippen LogP contribution in [-0.4, -0.2) is 38.4 Å². The van der Waals surface area contributed by atoms with Crippen molar-refractivity contribution in [3.05, 3.63) is 27.2 Å². The maximum Gasteiger partial charge on any atom is 0.273 e. The number of nitrogens with zero attached hydrogens (tertiary/aromatic N) is 2. The Bertz CT molecular complexity index is 774. The number of aromatic nitrogens is 3. The van der Waals surface area contributed by atoms with Crippen LogP contribution in [0.1, 0.15) is 36.6 Å². The Kier molecular flexibility index (Phi) is 5.20. The third-order valence-electron chi connectivity index (χ3n) is 4.06. The number of fused-ring (bicyclic) bond motifs is 1. The Labute approximate surface area is 134 Å². The lowest BCUT2D eigenvalue weighted by Gasteiger charge is -2.11. The summed E-state index contributed by atoms with van der Waals surface area (Å²) in [6.07, 6.45) is 0.988. The second-order valence-corrected chi connectivity index (χ2v) is 5.99. The molecule has 0 aromatic carbocycles. The minimum absolute atomic E-state index is 0.0634. The van der Waals surface area contributed by atoms with Gasteiger partial charge in [-0.15, -0.1) is 0 Å². The van der Waals surface area contributed by atoms with E-state index in [4.69, 9.17) is 0 Å². The average Bonchev–Trinajstić information content (AvgIpc) is 2.72. The quantitative estimate of drug-likeness (QED) is 0.729. The van der Waals surface area contributed by atoms with Gasteiger partial charge in [0.15, 0.2) is 5.65 Å². The lowest BCUT2D eigenvalue weighted by Crippen LogP contribution is -2.26. The van der Waals surface area contributed by atoms with Crippen molar-refractivity contribution < 1.29 is 9.90 Å². The summed E-state index contributed by atoms with van der Waals surface area (Å²) in [5, 5.41) is 15.3. The monoisotopic (exact) mass is 320 g/mol. The van der Waals surface area contributed by atoms with Gasteiger partial charge in [0, 0.05) is 25.7 Å². The zero-order chi connectivity index (χ0) is 17.1. The van der Waals surface area contributed by atoms with Crippen molar-refractivity contribution in [1.29, 1.82) is 0 Å². The van der Waals surface area contributed by atoms with Crippen LogP contribution in [0.2, 0.25) is 0 Å². The second-order valence-electron chi connectivity index (χ2n) is 5.99. The zero-order valence-electron chi connectivity index (χ0n) is 14.1. The molecular weight excluding hydrogens is 296 g/mol. The maximum atomic E-state index is 12.0. The molecule has 2 aromatic heterocycles. The topological polar surface area (TPSA) is 100 Å². The van der Waals surface area contributed by atoms with Gasteiger partial charge in [0.25, 0.3) is 5.56 Å². The van der Waals surface area contributed by atoms with Gasteiger partial charge in [-0.3, -0.25) is 19.4 Å². The SMILES string of the molecule is Cc1nc2c(c(C)c1CCC(=O)NCCC(C)O)c(=O)[nH]n2C. The van der Waals surface area contributed by atoms with Crippen molar-refractivity contribution >= 4 is 16.9 Å². The lowest BCUT2D eigenvalue weighted by molar-refractivity contribution is -0.121. The molecule has 0 aliphatic carbocycles. The number of aromatic amines is 1. The Balaban J connectivity index is 2.13. The number of hydrogen-bond acceptors (Lipinski definition) is 4. The normalized spacial score (nSPS) is 12.6. The first-order chi connectivity index (χ1) is 10.8. The number of amides is 1. The first-order valence-corrected chi connectivity index (χ1v) is 7.80. The molecule has 0 aliphatic rings. The molecule has 7 heteroatoms. The molecule has 2 aromatic rings. The summed E-state index contributed by atoms with van der Waals surface area (Å²) in [6.45, 7) is 5.94. The van der Waals surface area contributed by atoms with Crippen molar-refractivity contribution in [2.24, 2.45) is 7.05 Å². The molecule has 7 nitrogen and oxygen atoms in total. The highest BCUT2D eigenvalue weighted by atomic mass is 16.3. The summed E-state index contributed by atoms with van der Waals surface area (Å²) in [4.78, 5) is 28.4. The van der Waals surface area contributed by atoms with Crippen LogP contribution in [0.4, 0.5) is 0 Å². The first kappa shape index (κ1) is 17.2. The van der Waals surface area contributed by atoms with Gasteiger partial charge in [-0.2, -0.15) is 0 Å². The molecule has 2 rings (SSSR count). The van der Waals surface area contributed by atoms with E-state index >= 15 is 0 Å². The molecule has 0 saturated heterocycles. The molecule has 0 spiro atoms. The standard InChI is InChI=1S/C16H24N4O3/c1-9(21)7-8-17-13(22)6-5-12-10(2)14-15(18-11(12)3)20(4)19-16(14)23/h9,21H,5-8H2,1-4H3,(H,17,22)(H,19,23). The molecule has 126 valence electrons. The van der Waals surface area contributed by atoms with E-state index in [1.807, 2.05) is 13.8 Å². The third kappa shape index (κ3) is 3.79. The lowest BCUT2D eigenvalue weighted by atomic mass is 10.0. The Morgan fingerprint density at radius 2 is 2.13 bits per heavy atom. The average molecular weight is 320 g/mol. The number of pyridine rings is 1. The number of H-pyrrole nitrogens is 1. The van der Waals surface area contributed by atoms with Crippen LogP contribution < -0.4 is 10.9 Å². The van der Waals surface area contributed by atoms with Crippen molar-refractivity contribution in [3.63, 3.8) is 0 Å². The number of carbonyl (C=O) groups excluding carboxylic acids is 1. The molecular formula is C16H24N4O3. The number of carbonyl (C=O) groups is 1. The van der Waals surface area contributed by atoms with E-state index in [2.05, 4.69) is 15.4 Å². The van der Waals surface area contributed by atoms with Gasteiger partial charge >= 0.3 is 0 Å². The molecule has 3 N–H and O–H groups in total. The molecule has 1 unspecified atom stereocenters. The highest BCUT2D eigenvalue weighted by Gasteiger charge is 2.15. The van der Waals surface area contributed by atoms with Crippen LogP contribution in [0, 0.1) is 13.8 Å². The van der Waals surface area contributed by atoms with E-state index in [1.165, 1.54) is 0 Å². The van der Waals surface area contributed by atoms with Crippen LogP contribution in [0.5, 0.6) is 0 Å². The number of rotatable bonds is 6. The van der Waals surface area contributed by atoms with Gasteiger partial charge in [0.2, 0.25) is 5.91 Å². The summed E-state index contributed by atoms with van der Waals surface area (Å²) < 4.78 is 1.62. The van der Waals surface area contributed by atoms with E-state index in [9.17, 15) is 14.7 Å². The molecule has 0 bridgehead atoms. The van der Waals surface area contributed by atoms with E-state index in [-0.39, 0.29) is 11.5 Å². The van der Waals surface area contributed by atoms with Gasteiger partial charge in [-0.05, 0) is 44.7 Å². The summed E-state index contributed by atoms with van der Waals surface area (Å²) in [5.41, 5.74) is 3.14. The van der Waals surface area contributed by atoms with Gasteiger partial charge in [-0.1, -0.05) is 0 Å². The third-order valence-corrected chi connectivity index (χ3v) is 4.06. The van der Waals surface area contributed by atoms with Crippen LogP contribution in [-0.2, 0) is 18.3 Å². The number of aliphatic hydroxyl groups is 1. The number of aliphatic hydroxyl groups excluding tert-OH is 1. The van der Waals surface area contributed by atoms with Crippen molar-refractivity contribution in [3.8, 4) is 0 Å². The molecule has 0 radical (unpaired) electrons. The Morgan fingerprint density at radius 3 is 2.78 bits per heavy atom. The van der Waals surface area contributed by atoms with Crippen LogP contribution >= 0.6 is 0 Å². The van der Waals surface area contributed by atoms with Crippen molar-refractivity contribution in [1.82, 2.24) is 20.1 Å². The molecule has 0 fully saturated rings. The van der Waals surface area contributed by atoms with Gasteiger partial charge in [0.05, 0.1) is 11.5 Å². The minimum Gasteiger partial charge on any atom is -0.393 e. The predicted molar refractivity (Wildman–Crippen MR) is 88.4 cm³/mol. The highest BCUT2D eigenvalue weighted by Crippen LogP contribution is 2.20. The fourth-order valence-electron chi connectivity index (χ4n) is 2.76. The van der Waals surface area contributed by atoms with E-state index in [0.717, 1.165) is 16.8 Å². The maximum absolute atomic E-state index is 12.0. The molecule has 1 atom stereocenters. The summed E-state index contributed by atoms with van der Waals surface area (Å²) in [7, 11) is 1.75. The molecule has 0 aliphatic heterocycles. The Hall–Kier alpha value is -2.15. The molecule has 23 heavy (non-hydrogen) atoms. The minimum atomic E-state index is -0.420. The Morgan fingerprint density at radius 1 is 1.43 bits per heavy atom. The fraction of sp³-hybridized carbons (Fsp3) is 0.562. The molecule has 0 saturated carbocycles.